The van der Waals surface area contributed by atoms with Crippen LogP contribution in [0, 0.1) is 17.8 Å². The number of rotatable bonds is 13. The number of carbonyl (C=O) groups excluding carboxylic acids is 3. The first-order valence-electron chi connectivity index (χ1n) is 14.0. The van der Waals surface area contributed by atoms with Gasteiger partial charge in [0.2, 0.25) is 17.7 Å². The normalized spacial score (nSPS) is 17.1. The van der Waals surface area contributed by atoms with E-state index in [2.05, 4.69) is 18.0 Å². The second-order valence-electron chi connectivity index (χ2n) is 10.9. The van der Waals surface area contributed by atoms with Gasteiger partial charge in [-0.25, -0.2) is 0 Å². The molecule has 1 saturated heterocycles. The lowest BCUT2D eigenvalue weighted by Gasteiger charge is -2.29. The first-order valence-corrected chi connectivity index (χ1v) is 14.0. The lowest BCUT2D eigenvalue weighted by atomic mass is 9.82. The third-order valence-electron chi connectivity index (χ3n) is 7.45. The number of hydrogen-bond acceptors (Lipinski definition) is 5. The van der Waals surface area contributed by atoms with Gasteiger partial charge in [-0.05, 0) is 72.9 Å². The molecule has 0 saturated carbocycles. The quantitative estimate of drug-likeness (QED) is 0.352. The van der Waals surface area contributed by atoms with E-state index in [9.17, 15) is 14.4 Å². The fraction of sp³-hybridized carbons (Fsp3) is 0.469. The van der Waals surface area contributed by atoms with E-state index >= 15 is 0 Å². The minimum atomic E-state index is -0.656. The van der Waals surface area contributed by atoms with Gasteiger partial charge < -0.3 is 25.4 Å². The Balaban J connectivity index is 1.78. The summed E-state index contributed by atoms with van der Waals surface area (Å²) < 4.78 is 10.8. The van der Waals surface area contributed by atoms with Crippen molar-refractivity contribution in [1.29, 1.82) is 0 Å². The topological polar surface area (TPSA) is 111 Å². The minimum Gasteiger partial charge on any atom is -0.493 e. The van der Waals surface area contributed by atoms with Gasteiger partial charge in [0.05, 0.1) is 26.1 Å². The van der Waals surface area contributed by atoms with E-state index in [0.717, 1.165) is 29.5 Å². The molecule has 3 atom stereocenters. The fourth-order valence-corrected chi connectivity index (χ4v) is 5.38. The van der Waals surface area contributed by atoms with E-state index < -0.39 is 23.8 Å². The van der Waals surface area contributed by atoms with Crippen molar-refractivity contribution in [2.45, 2.75) is 58.5 Å². The third-order valence-corrected chi connectivity index (χ3v) is 7.45. The summed E-state index contributed by atoms with van der Waals surface area (Å²) in [6.07, 6.45) is 4.67. The molecule has 8 heteroatoms. The van der Waals surface area contributed by atoms with Gasteiger partial charge in [-0.1, -0.05) is 44.2 Å². The van der Waals surface area contributed by atoms with E-state index in [0.29, 0.717) is 43.9 Å². The van der Waals surface area contributed by atoms with Crippen molar-refractivity contribution in [2.24, 2.45) is 23.5 Å². The van der Waals surface area contributed by atoms with Gasteiger partial charge >= 0.3 is 0 Å². The molecule has 0 radical (unpaired) electrons. The van der Waals surface area contributed by atoms with Gasteiger partial charge in [0.1, 0.15) is 6.04 Å². The number of nitrogens with one attached hydrogen (secondary N) is 1. The molecule has 40 heavy (non-hydrogen) atoms. The van der Waals surface area contributed by atoms with Crippen LogP contribution >= 0.6 is 0 Å². The number of likely N-dealkylation sites (tertiary alicyclic amines) is 1. The number of ether oxygens (including phenoxy) is 2. The third kappa shape index (κ3) is 7.87. The van der Waals surface area contributed by atoms with Crippen LogP contribution in [-0.4, -0.2) is 49.4 Å². The Morgan fingerprint density at radius 1 is 1.07 bits per heavy atom. The highest BCUT2D eigenvalue weighted by molar-refractivity contribution is 5.91. The fourth-order valence-electron chi connectivity index (χ4n) is 5.38. The van der Waals surface area contributed by atoms with Crippen LogP contribution in [0.15, 0.2) is 55.1 Å². The second-order valence-corrected chi connectivity index (χ2v) is 10.9. The molecule has 0 aromatic heterocycles. The number of benzene rings is 2. The molecule has 0 unspecified atom stereocenters. The maximum atomic E-state index is 13.6. The zero-order valence-electron chi connectivity index (χ0n) is 24.2. The summed E-state index contributed by atoms with van der Waals surface area (Å²) in [7, 11) is 3.21. The SMILES string of the molecule is C=CC[C@H](C(N)=O)[C@@H](CC(C)C)C(=O)N[C@H]1CCCCN(Cc2cccc(-c3ccc(OC)c(OC)c3)c2)C1=O. The summed E-state index contributed by atoms with van der Waals surface area (Å²) in [4.78, 5) is 41.1. The van der Waals surface area contributed by atoms with Crippen molar-refractivity contribution < 1.29 is 23.9 Å². The Morgan fingerprint density at radius 3 is 2.45 bits per heavy atom. The molecule has 8 nitrogen and oxygen atoms in total. The molecule has 216 valence electrons. The lowest BCUT2D eigenvalue weighted by Crippen LogP contribution is -2.50. The van der Waals surface area contributed by atoms with E-state index in [4.69, 9.17) is 15.2 Å². The van der Waals surface area contributed by atoms with Gasteiger partial charge in [-0.2, -0.15) is 0 Å². The van der Waals surface area contributed by atoms with Crippen LogP contribution in [0.5, 0.6) is 11.5 Å². The standard InChI is InChI=1S/C32H43N3O5/c1-6-10-25(30(33)36)26(17-21(2)3)31(37)34-27-13-7-8-16-35(32(27)38)20-22-11-9-12-23(18-22)24-14-15-28(39-4)29(19-24)40-5/h6,9,11-12,14-15,18-19,21,25-27H,1,7-8,10,13,16-17,20H2,2-5H3,(H2,33,36)(H,34,37)/t25-,26+,27-/m0/s1. The summed E-state index contributed by atoms with van der Waals surface area (Å²) in [5.41, 5.74) is 8.63. The first kappa shape index (κ1) is 30.7. The predicted octanol–water partition coefficient (Wildman–Crippen LogP) is 4.71. The number of primary amides is 1. The van der Waals surface area contributed by atoms with Gasteiger partial charge in [0, 0.05) is 13.1 Å². The number of methoxy groups -OCH3 is 2. The van der Waals surface area contributed by atoms with Gasteiger partial charge in [-0.15, -0.1) is 6.58 Å². The average molecular weight is 550 g/mol. The summed E-state index contributed by atoms with van der Waals surface area (Å²) >= 11 is 0. The second kappa shape index (κ2) is 14.5. The highest BCUT2D eigenvalue weighted by atomic mass is 16.5. The van der Waals surface area contributed by atoms with E-state index in [1.54, 1.807) is 20.3 Å². The average Bonchev–Trinajstić information content (AvgIpc) is 3.10. The van der Waals surface area contributed by atoms with Crippen LogP contribution in [0.3, 0.4) is 0 Å². The zero-order valence-corrected chi connectivity index (χ0v) is 24.2. The van der Waals surface area contributed by atoms with Gasteiger partial charge in [0.15, 0.2) is 11.5 Å². The molecule has 1 heterocycles. The number of nitrogens with zero attached hydrogens (tertiary/aromatic N) is 1. The summed E-state index contributed by atoms with van der Waals surface area (Å²) in [6.45, 7) is 8.77. The van der Waals surface area contributed by atoms with E-state index in [1.807, 2.05) is 55.1 Å². The van der Waals surface area contributed by atoms with Gasteiger partial charge in [0.25, 0.3) is 0 Å². The van der Waals surface area contributed by atoms with Crippen LogP contribution in [0.1, 0.15) is 51.5 Å². The Hall–Kier alpha value is -3.81. The zero-order chi connectivity index (χ0) is 29.2. The van der Waals surface area contributed by atoms with E-state index in [1.165, 1.54) is 0 Å². The van der Waals surface area contributed by atoms with Gasteiger partial charge in [-0.3, -0.25) is 14.4 Å². The van der Waals surface area contributed by atoms with Crippen molar-refractivity contribution in [3.05, 3.63) is 60.7 Å². The summed E-state index contributed by atoms with van der Waals surface area (Å²) in [5.74, 6) is -0.706. The van der Waals surface area contributed by atoms with Crippen LogP contribution < -0.4 is 20.5 Å². The molecular formula is C32H43N3O5. The molecule has 1 aliphatic rings. The van der Waals surface area contributed by atoms with Crippen LogP contribution in [0.25, 0.3) is 11.1 Å². The van der Waals surface area contributed by atoms with Crippen LogP contribution in [0.4, 0.5) is 0 Å². The van der Waals surface area contributed by atoms with Crippen molar-refractivity contribution in [3.63, 3.8) is 0 Å². The molecule has 1 aliphatic heterocycles. The van der Waals surface area contributed by atoms with E-state index in [-0.39, 0.29) is 17.7 Å². The lowest BCUT2D eigenvalue weighted by molar-refractivity contribution is -0.139. The molecule has 3 rings (SSSR count). The molecule has 0 spiro atoms. The highest BCUT2D eigenvalue weighted by Crippen LogP contribution is 2.33. The van der Waals surface area contributed by atoms with Crippen molar-refractivity contribution in [2.75, 3.05) is 20.8 Å². The van der Waals surface area contributed by atoms with Crippen LogP contribution in [-0.2, 0) is 20.9 Å². The molecule has 0 bridgehead atoms. The maximum absolute atomic E-state index is 13.6. The Labute approximate surface area is 237 Å². The molecule has 3 amide bonds. The maximum Gasteiger partial charge on any atom is 0.245 e. The number of amides is 3. The number of carbonyl (C=O) groups is 3. The Bertz CT molecular complexity index is 1190. The molecular weight excluding hydrogens is 506 g/mol. The van der Waals surface area contributed by atoms with Crippen molar-refractivity contribution in [1.82, 2.24) is 10.2 Å². The monoisotopic (exact) mass is 549 g/mol. The smallest absolute Gasteiger partial charge is 0.245 e. The molecule has 3 N–H and O–H groups in total. The summed E-state index contributed by atoms with van der Waals surface area (Å²) in [6, 6.07) is 13.2. The Kier molecular flexibility index (Phi) is 11.2. The molecule has 2 aromatic carbocycles. The number of allylic oxidation sites excluding steroid dienone is 1. The molecule has 2 aromatic rings. The molecule has 0 aliphatic carbocycles. The summed E-state index contributed by atoms with van der Waals surface area (Å²) in [5, 5.41) is 2.99. The van der Waals surface area contributed by atoms with Crippen molar-refractivity contribution >= 4 is 17.7 Å². The largest absolute Gasteiger partial charge is 0.493 e. The Morgan fingerprint density at radius 2 is 1.80 bits per heavy atom. The highest BCUT2D eigenvalue weighted by Gasteiger charge is 2.35. The minimum absolute atomic E-state index is 0.106. The predicted molar refractivity (Wildman–Crippen MR) is 157 cm³/mol. The number of hydrogen-bond donors (Lipinski definition) is 2. The van der Waals surface area contributed by atoms with Crippen LogP contribution in [0.2, 0.25) is 0 Å². The number of nitrogens with two attached hydrogens (primary N) is 1. The molecule has 1 fully saturated rings. The first-order chi connectivity index (χ1) is 19.2. The van der Waals surface area contributed by atoms with Crippen molar-refractivity contribution in [3.8, 4) is 22.6 Å².